The highest BCUT2D eigenvalue weighted by atomic mass is 19.2. The number of halogens is 2. The van der Waals surface area contributed by atoms with E-state index in [9.17, 15) is 13.6 Å². The van der Waals surface area contributed by atoms with Gasteiger partial charge in [-0.2, -0.15) is 0 Å². The third-order valence-electron chi connectivity index (χ3n) is 5.42. The van der Waals surface area contributed by atoms with Crippen LogP contribution in [0.4, 0.5) is 8.78 Å². The Kier molecular flexibility index (Phi) is 5.18. The van der Waals surface area contributed by atoms with Crippen molar-refractivity contribution >= 4 is 5.97 Å². The van der Waals surface area contributed by atoms with Crippen molar-refractivity contribution in [2.75, 3.05) is 6.61 Å². The van der Waals surface area contributed by atoms with Gasteiger partial charge >= 0.3 is 5.97 Å². The van der Waals surface area contributed by atoms with Gasteiger partial charge in [-0.05, 0) is 63.7 Å². The fraction of sp³-hybridized carbons (Fsp3) is 0.944. The second-order valence-electron chi connectivity index (χ2n) is 8.40. The predicted molar refractivity (Wildman–Crippen MR) is 83.0 cm³/mol. The molecule has 3 rings (SSSR count). The van der Waals surface area contributed by atoms with Crippen LogP contribution in [0.25, 0.3) is 0 Å². The van der Waals surface area contributed by atoms with E-state index in [-0.39, 0.29) is 24.4 Å². The first kappa shape index (κ1) is 17.7. The van der Waals surface area contributed by atoms with Gasteiger partial charge in [-0.25, -0.2) is 8.78 Å². The van der Waals surface area contributed by atoms with Crippen LogP contribution in [0.1, 0.15) is 66.2 Å². The molecule has 128 valence electrons. The Morgan fingerprint density at radius 1 is 1.23 bits per heavy atom. The summed E-state index contributed by atoms with van der Waals surface area (Å²) in [4.78, 5) is 12.4. The van der Waals surface area contributed by atoms with E-state index in [0.717, 1.165) is 31.6 Å². The first-order valence-electron chi connectivity index (χ1n) is 8.62. The predicted octanol–water partition coefficient (Wildman–Crippen LogP) is 4.86. The number of rotatable bonds is 5. The number of carbonyl (C=O) groups is 1. The summed E-state index contributed by atoms with van der Waals surface area (Å²) in [6.45, 7) is 6.90. The number of carbonyl (C=O) groups excluding carboxylic acids is 1. The molecule has 0 aromatic heterocycles. The summed E-state index contributed by atoms with van der Waals surface area (Å²) in [6, 6.07) is 0. The maximum absolute atomic E-state index is 13.6. The third kappa shape index (κ3) is 3.99. The monoisotopic (exact) mass is 316 g/mol. The lowest BCUT2D eigenvalue weighted by molar-refractivity contribution is -0.170. The minimum atomic E-state index is -1.88. The Hall–Kier alpha value is -0.670. The Labute approximate surface area is 133 Å². The SMILES string of the molecule is CC1CC(C)CC2(C(=O)OCCC(F)C(C)(C)F)CC(C1)C2. The summed E-state index contributed by atoms with van der Waals surface area (Å²) in [7, 11) is 0. The molecule has 0 heterocycles. The normalized spacial score (nSPS) is 36.7. The maximum atomic E-state index is 13.6. The second kappa shape index (κ2) is 6.45. The van der Waals surface area contributed by atoms with E-state index < -0.39 is 11.8 Å². The average molecular weight is 316 g/mol. The van der Waals surface area contributed by atoms with Crippen molar-refractivity contribution in [3.63, 3.8) is 0 Å². The van der Waals surface area contributed by atoms with Gasteiger partial charge in [0.25, 0.3) is 0 Å². The lowest BCUT2D eigenvalue weighted by Gasteiger charge is -2.50. The molecular weight excluding hydrogens is 286 g/mol. The van der Waals surface area contributed by atoms with Crippen LogP contribution < -0.4 is 0 Å². The van der Waals surface area contributed by atoms with Crippen molar-refractivity contribution in [3.8, 4) is 0 Å². The zero-order valence-electron chi connectivity index (χ0n) is 14.3. The molecule has 4 heteroatoms. The van der Waals surface area contributed by atoms with E-state index in [1.165, 1.54) is 20.3 Å². The summed E-state index contributed by atoms with van der Waals surface area (Å²) >= 11 is 0. The average Bonchev–Trinajstić information content (AvgIpc) is 2.31. The number of esters is 1. The molecule has 3 atom stereocenters. The molecular formula is C18H30F2O2. The van der Waals surface area contributed by atoms with Crippen molar-refractivity contribution in [3.05, 3.63) is 0 Å². The van der Waals surface area contributed by atoms with Gasteiger partial charge in [0, 0.05) is 6.42 Å². The van der Waals surface area contributed by atoms with E-state index in [1.807, 2.05) is 0 Å². The molecule has 0 N–H and O–H groups in total. The van der Waals surface area contributed by atoms with Crippen molar-refractivity contribution in [2.24, 2.45) is 23.2 Å². The molecule has 22 heavy (non-hydrogen) atoms. The largest absolute Gasteiger partial charge is 0.465 e. The van der Waals surface area contributed by atoms with Gasteiger partial charge in [0.05, 0.1) is 12.0 Å². The van der Waals surface area contributed by atoms with Gasteiger partial charge in [-0.15, -0.1) is 0 Å². The van der Waals surface area contributed by atoms with Crippen molar-refractivity contribution in [2.45, 2.75) is 78.1 Å². The molecule has 0 aromatic rings. The van der Waals surface area contributed by atoms with E-state index in [0.29, 0.717) is 11.8 Å². The Morgan fingerprint density at radius 3 is 2.45 bits per heavy atom. The lowest BCUT2D eigenvalue weighted by Crippen LogP contribution is -2.48. The highest BCUT2D eigenvalue weighted by Gasteiger charge is 2.52. The number of fused-ring (bicyclic) bond motifs is 4. The van der Waals surface area contributed by atoms with Crippen molar-refractivity contribution in [1.82, 2.24) is 0 Å². The van der Waals surface area contributed by atoms with Crippen molar-refractivity contribution < 1.29 is 18.3 Å². The van der Waals surface area contributed by atoms with Crippen LogP contribution in [-0.2, 0) is 9.53 Å². The zero-order chi connectivity index (χ0) is 16.5. The van der Waals surface area contributed by atoms with Crippen LogP contribution in [0.2, 0.25) is 0 Å². The first-order chi connectivity index (χ1) is 10.1. The molecule has 0 aliphatic heterocycles. The van der Waals surface area contributed by atoms with Gasteiger partial charge in [0.2, 0.25) is 0 Å². The maximum Gasteiger partial charge on any atom is 0.312 e. The van der Waals surface area contributed by atoms with Gasteiger partial charge in [-0.1, -0.05) is 13.8 Å². The quantitative estimate of drug-likeness (QED) is 0.677. The Bertz CT molecular complexity index is 394. The van der Waals surface area contributed by atoms with E-state index in [1.54, 1.807) is 0 Å². The molecule has 3 unspecified atom stereocenters. The minimum Gasteiger partial charge on any atom is -0.465 e. The smallest absolute Gasteiger partial charge is 0.312 e. The molecule has 3 aliphatic rings. The summed E-state index contributed by atoms with van der Waals surface area (Å²) in [5, 5.41) is 0. The van der Waals surface area contributed by atoms with Crippen LogP contribution in [0, 0.1) is 23.2 Å². The van der Waals surface area contributed by atoms with Gasteiger partial charge in [-0.3, -0.25) is 4.79 Å². The molecule has 0 radical (unpaired) electrons. The van der Waals surface area contributed by atoms with Crippen LogP contribution in [0.15, 0.2) is 0 Å². The second-order valence-corrected chi connectivity index (χ2v) is 8.40. The highest BCUT2D eigenvalue weighted by molar-refractivity contribution is 5.78. The lowest BCUT2D eigenvalue weighted by atomic mass is 9.54. The summed E-state index contributed by atoms with van der Waals surface area (Å²) in [5.41, 5.74) is -2.22. The molecule has 2 nitrogen and oxygen atoms in total. The molecule has 0 spiro atoms. The third-order valence-corrected chi connectivity index (χ3v) is 5.42. The van der Waals surface area contributed by atoms with Crippen LogP contribution in [-0.4, -0.2) is 24.4 Å². The summed E-state index contributed by atoms with van der Waals surface area (Å²) in [6.07, 6.45) is 3.39. The molecule has 0 aromatic carbocycles. The number of hydrogen-bond donors (Lipinski definition) is 0. The van der Waals surface area contributed by atoms with Crippen LogP contribution in [0.3, 0.4) is 0 Å². The standard InChI is InChI=1S/C18H30F2O2/c1-12-7-13(2)9-18(10-14(8-12)11-18)16(21)22-6-5-15(19)17(3,4)20/h12-15H,5-11H2,1-4H3. The summed E-state index contributed by atoms with van der Waals surface area (Å²) in [5.74, 6) is 1.69. The van der Waals surface area contributed by atoms with E-state index in [4.69, 9.17) is 4.74 Å². The van der Waals surface area contributed by atoms with Gasteiger partial charge in [0.1, 0.15) is 11.8 Å². The van der Waals surface area contributed by atoms with E-state index >= 15 is 0 Å². The van der Waals surface area contributed by atoms with Gasteiger partial charge in [0.15, 0.2) is 0 Å². The number of hydrogen-bond acceptors (Lipinski definition) is 2. The fourth-order valence-corrected chi connectivity index (χ4v) is 4.48. The van der Waals surface area contributed by atoms with Crippen LogP contribution in [0.5, 0.6) is 0 Å². The molecule has 0 amide bonds. The molecule has 0 saturated heterocycles. The van der Waals surface area contributed by atoms with Crippen LogP contribution >= 0.6 is 0 Å². The summed E-state index contributed by atoms with van der Waals surface area (Å²) < 4.78 is 32.3. The van der Waals surface area contributed by atoms with Gasteiger partial charge < -0.3 is 4.74 Å². The zero-order valence-corrected chi connectivity index (χ0v) is 14.3. The fourth-order valence-electron chi connectivity index (χ4n) is 4.48. The molecule has 3 aliphatic carbocycles. The topological polar surface area (TPSA) is 26.3 Å². The molecule has 2 bridgehead atoms. The highest BCUT2D eigenvalue weighted by Crippen LogP contribution is 2.55. The molecule has 3 saturated carbocycles. The van der Waals surface area contributed by atoms with Crippen molar-refractivity contribution in [1.29, 1.82) is 0 Å². The number of ether oxygens (including phenoxy) is 1. The Morgan fingerprint density at radius 2 is 1.86 bits per heavy atom. The van der Waals surface area contributed by atoms with E-state index in [2.05, 4.69) is 13.8 Å². The number of alkyl halides is 2. The molecule has 3 fully saturated rings. The Balaban J connectivity index is 1.85. The first-order valence-corrected chi connectivity index (χ1v) is 8.62. The minimum absolute atomic E-state index is 0.0233.